The van der Waals surface area contributed by atoms with E-state index in [1.807, 2.05) is 109 Å². The number of hydrogen-bond acceptors (Lipinski definition) is 16. The molecule has 5 amide bonds. The number of ether oxygens (including phenoxy) is 3. The van der Waals surface area contributed by atoms with Crippen LogP contribution in [0.5, 0.6) is 0 Å². The van der Waals surface area contributed by atoms with E-state index in [-0.39, 0.29) is 101 Å². The van der Waals surface area contributed by atoms with Crippen LogP contribution in [0.15, 0.2) is 75.6 Å². The van der Waals surface area contributed by atoms with Crippen molar-refractivity contribution in [3.63, 3.8) is 0 Å². The molecule has 4 aliphatic carbocycles. The Balaban J connectivity index is -0.000000629. The predicted octanol–water partition coefficient (Wildman–Crippen LogP) is 15.0. The second kappa shape index (κ2) is 52.0. The minimum Gasteiger partial charge on any atom is -1.00 e. The van der Waals surface area contributed by atoms with Gasteiger partial charge in [0.15, 0.2) is 11.4 Å². The normalized spacial score (nSPS) is 18.0. The van der Waals surface area contributed by atoms with E-state index < -0.39 is 31.0 Å². The Morgan fingerprint density at radius 2 is 1.00 bits per heavy atom. The van der Waals surface area contributed by atoms with Crippen LogP contribution in [-0.4, -0.2) is 165 Å². The van der Waals surface area contributed by atoms with Crippen molar-refractivity contribution in [1.82, 2.24) is 20.4 Å². The molecule has 11 N–H and O–H groups in total. The monoisotopic (exact) mass is 1770 g/mol. The molecule has 34 heteroatoms. The Hall–Kier alpha value is -6.56. The van der Waals surface area contributed by atoms with Gasteiger partial charge in [-0.05, 0) is 120 Å². The summed E-state index contributed by atoms with van der Waals surface area (Å²) in [5.41, 5.74) is 15.3. The number of esters is 1. The third-order valence-corrected chi connectivity index (χ3v) is 20.2. The van der Waals surface area contributed by atoms with Gasteiger partial charge in [0.05, 0.1) is 43.6 Å². The Kier molecular flexibility index (Phi) is 51.0. The molecule has 9 rings (SSSR count). The number of halogens is 9. The number of alkyl halides is 2. The summed E-state index contributed by atoms with van der Waals surface area (Å²) in [5.74, 6) is 5.63. The zero-order chi connectivity index (χ0) is 91.2. The van der Waals surface area contributed by atoms with Crippen molar-refractivity contribution < 1.29 is 107 Å². The molecule has 118 heavy (non-hydrogen) atoms. The van der Waals surface area contributed by atoms with Crippen LogP contribution < -0.4 is 40.2 Å². The fourth-order valence-corrected chi connectivity index (χ4v) is 9.82. The molecule has 4 saturated carbocycles. The maximum Gasteiger partial charge on any atom is 0 e. The summed E-state index contributed by atoms with van der Waals surface area (Å²) >= 11 is 9.53. The van der Waals surface area contributed by atoms with Gasteiger partial charge in [-0.2, -0.15) is 0 Å². The molecule has 0 radical (unpaired) electrons. The molecule has 24 nitrogen and oxygen atoms in total. The molecule has 3 spiro atoms. The molecule has 7 aliphatic rings. The number of carboxylic acid groups (broad SMARTS) is 1. The van der Waals surface area contributed by atoms with Gasteiger partial charge in [-0.25, -0.2) is 9.59 Å². The zero-order valence-corrected chi connectivity index (χ0v) is 78.0. The molecule has 4 fully saturated rings. The fraction of sp³-hybridized carbons (Fsp3) is 0.714. The number of alkyl carbamates (subject to hydrolysis) is 1. The second-order valence-corrected chi connectivity index (χ2v) is 35.9. The van der Waals surface area contributed by atoms with Gasteiger partial charge < -0.3 is 68.7 Å². The van der Waals surface area contributed by atoms with Crippen LogP contribution in [0.1, 0.15) is 243 Å². The van der Waals surface area contributed by atoms with Gasteiger partial charge in [-0.3, -0.25) is 54.2 Å². The third kappa shape index (κ3) is 46.5. The van der Waals surface area contributed by atoms with Gasteiger partial charge in [0.1, 0.15) is 65.8 Å². The van der Waals surface area contributed by atoms with Crippen molar-refractivity contribution in [2.75, 3.05) is 44.9 Å². The van der Waals surface area contributed by atoms with E-state index in [2.05, 4.69) is 133 Å². The summed E-state index contributed by atoms with van der Waals surface area (Å²) in [6, 6.07) is 20.0. The van der Waals surface area contributed by atoms with Crippen LogP contribution in [0.2, 0.25) is 0 Å². The SMILES string of the molecule is CC(C)(C)OC(=O)NCCC=O.CC(C)C(C)C(=O)O.CC(C)C(C)C(N)=O.CC(C)C(C)C1=NC2(CC2)C(=O)N1.CC(C)C(C)C1=NC2(CC2)C(=O)N1Cc1ccccc1.CC(C)C(N)C1=NC2(CC2)C(=O)N1Cc1ccccc1.CCOC(=N)C(C)C(C)C.CCOC(=O)C1([NH3+])CC1.CC[O+](CC)CC.ClCCl.F[P-](F)(F)(F)(F)F.[Cl-].[HH]. The van der Waals surface area contributed by atoms with Crippen LogP contribution >= 0.6 is 31.0 Å². The van der Waals surface area contributed by atoms with Crippen LogP contribution in [-0.2, 0) is 65.2 Å². The number of aldehydes is 1. The van der Waals surface area contributed by atoms with E-state index in [1.165, 1.54) is 5.56 Å². The number of carboxylic acids is 1. The topological polar surface area (TPSA) is 358 Å². The Bertz CT molecular complexity index is 3350. The Morgan fingerprint density at radius 1 is 0.627 bits per heavy atom. The van der Waals surface area contributed by atoms with Crippen LogP contribution in [0.4, 0.5) is 30.0 Å². The summed E-state index contributed by atoms with van der Waals surface area (Å²) < 4.78 is 77.0. The molecule has 2 aromatic rings. The number of nitrogens with two attached hydrogens (primary N) is 2. The van der Waals surface area contributed by atoms with Crippen LogP contribution in [0.25, 0.3) is 0 Å². The maximum atomic E-state index is 12.6. The predicted molar refractivity (Wildman–Crippen MR) is 461 cm³/mol. The Labute approximate surface area is 717 Å². The number of aliphatic carboxylic acids is 1. The number of hydrogen-bond donors (Lipinski definition) is 7. The molecule has 2 aromatic carbocycles. The van der Waals surface area contributed by atoms with Crippen molar-refractivity contribution in [3.8, 4) is 0 Å². The molecular formula is C84H147Cl3F6N11O13P. The molecule has 3 aliphatic heterocycles. The third-order valence-electron chi connectivity index (χ3n) is 20.2. The van der Waals surface area contributed by atoms with Gasteiger partial charge in [0.2, 0.25) is 5.91 Å². The van der Waals surface area contributed by atoms with Crippen molar-refractivity contribution >= 4 is 102 Å². The summed E-state index contributed by atoms with van der Waals surface area (Å²) in [6.45, 7) is 56.1. The first-order valence-corrected chi connectivity index (χ1v) is 43.8. The summed E-state index contributed by atoms with van der Waals surface area (Å²) in [6.07, 6.45) is 7.83. The Morgan fingerprint density at radius 3 is 1.26 bits per heavy atom. The van der Waals surface area contributed by atoms with E-state index in [1.54, 1.807) is 32.6 Å². The number of nitrogens with zero attached hydrogens (tertiary/aromatic N) is 5. The first kappa shape index (κ1) is 116. The molecule has 0 aromatic heterocycles. The van der Waals surface area contributed by atoms with Crippen LogP contribution in [0.3, 0.4) is 0 Å². The number of primary amides is 1. The number of amidine groups is 3. The largest absolute Gasteiger partial charge is 1.00 e. The number of carbonyl (C=O) groups is 8. The number of quaternary nitrogens is 1. The van der Waals surface area contributed by atoms with Gasteiger partial charge in [0, 0.05) is 71.7 Å². The molecule has 3 heterocycles. The summed E-state index contributed by atoms with van der Waals surface area (Å²) in [4.78, 5) is 107. The first-order valence-electron chi connectivity index (χ1n) is 40.7. The number of amides is 5. The number of rotatable bonds is 25. The van der Waals surface area contributed by atoms with E-state index in [0.717, 1.165) is 101 Å². The second-order valence-electron chi connectivity index (χ2n) is 33.1. The molecular weight excluding hydrogens is 1620 g/mol. The minimum absolute atomic E-state index is 0. The number of nitrogens with one attached hydrogen (secondary N) is 3. The average molecular weight is 1770 g/mol. The molecule has 0 bridgehead atoms. The smallest absolute Gasteiger partial charge is 0 e. The quantitative estimate of drug-likeness (QED) is 0.00560. The minimum atomic E-state index is -10.7. The van der Waals surface area contributed by atoms with Gasteiger partial charge in [-0.15, -0.1) is 23.2 Å². The average Bonchev–Trinajstić information content (AvgIpc) is 1.58. The first-order chi connectivity index (χ1) is 53.7. The van der Waals surface area contributed by atoms with E-state index >= 15 is 0 Å². The maximum absolute atomic E-state index is 12.6. The summed E-state index contributed by atoms with van der Waals surface area (Å²) in [7, 11) is -10.7. The molecule has 0 saturated heterocycles. The fourth-order valence-electron chi connectivity index (χ4n) is 9.82. The van der Waals surface area contributed by atoms with Crippen molar-refractivity contribution in [3.05, 3.63) is 71.8 Å². The molecule has 6 unspecified atom stereocenters. The van der Waals surface area contributed by atoms with Crippen molar-refractivity contribution in [1.29, 1.82) is 5.41 Å². The number of aliphatic imine (C=N–C) groups is 3. The molecule has 6 atom stereocenters. The van der Waals surface area contributed by atoms with Gasteiger partial charge in [-0.1, -0.05) is 178 Å². The zero-order valence-electron chi connectivity index (χ0n) is 74.8. The van der Waals surface area contributed by atoms with Gasteiger partial charge >= 0.3 is 51.0 Å². The van der Waals surface area contributed by atoms with Crippen molar-refractivity contribution in [2.45, 2.75) is 278 Å². The summed E-state index contributed by atoms with van der Waals surface area (Å²) in [5, 5.41) is 21.3. The van der Waals surface area contributed by atoms with Crippen molar-refractivity contribution in [2.24, 2.45) is 91.5 Å². The van der Waals surface area contributed by atoms with Gasteiger partial charge in [0.25, 0.3) is 17.7 Å². The number of carbonyl (C=O) groups excluding carboxylic acids is 7. The standard InChI is InChI=1S/C17H22N2O.C16H21N3O.C10H16N2O.C8H15NO3.C8H17NO.C6H11NO2.C6H13NO.C6H12O2.C6H15O.CH2Cl2.ClH.F6P.H2/c1-12(2)13(3)15-18-17(9-10-17)16(20)19(15)11-14-7-5-4-6-8-14;1-11(2)13(17)14-18-16(8-9-16)15(20)19(14)10-12-6-4-3-5-7-12;1-6(2)7(3)8-11-9(13)10(12-8)4-5-10;1-8(2,3)12-7(11)9-5-4-6-10;1-5-10-8(9)7(4)6(2)3;1-2-9-5(8)6(7)3-4-6;2*1-4(2)5(3)6(7)8;1-4-7(5-2)6-3;2-1-3;;1-7(2,3,4,5)6;/h4-8,12-13H,9-11H2,1-3H3;3-7,11,13H,8-10,17H2,1-2H3;6-7H,4-5H2,1-3H3,(H,11,12,13);6H,4-5H2,1-3H3,(H,9,11);6-7,9H,5H2,1-4H3;2-4,7H2,1H3;4-5H,1-3H3,(H2,7,8);4-5H,1-3H3,(H,7,8);4-6H2,1-3H3;1H2;1H;;1H/q;;;;;;;;+1;;;-1;. The van der Waals surface area contributed by atoms with E-state index in [4.69, 9.17) is 64.4 Å². The number of benzene rings is 2. The molecule has 684 valence electrons. The van der Waals surface area contributed by atoms with E-state index in [0.29, 0.717) is 80.7 Å². The van der Waals surface area contributed by atoms with E-state index in [9.17, 15) is 63.5 Å². The van der Waals surface area contributed by atoms with Crippen LogP contribution in [0, 0.1) is 70.5 Å².